The second-order valence-corrected chi connectivity index (χ2v) is 7.16. The SMILES string of the molecule is Cn1c(CN2CCN(C(=O)C3CCCNC3=O)CC2)nc2ccccc21. The maximum atomic E-state index is 12.6. The number of hydrogen-bond donors (Lipinski definition) is 1. The number of aryl methyl sites for hydroxylation is 1. The first-order chi connectivity index (χ1) is 12.6. The van der Waals surface area contributed by atoms with Crippen LogP contribution in [0.4, 0.5) is 0 Å². The van der Waals surface area contributed by atoms with Gasteiger partial charge in [-0.15, -0.1) is 0 Å². The van der Waals surface area contributed by atoms with E-state index in [-0.39, 0.29) is 11.8 Å². The molecular formula is C19H25N5O2. The Morgan fingerprint density at radius 1 is 1.23 bits per heavy atom. The van der Waals surface area contributed by atoms with Crippen LogP contribution in [0.25, 0.3) is 11.0 Å². The van der Waals surface area contributed by atoms with Crippen molar-refractivity contribution < 1.29 is 9.59 Å². The molecule has 0 saturated carbocycles. The summed E-state index contributed by atoms with van der Waals surface area (Å²) in [5.41, 5.74) is 2.15. The van der Waals surface area contributed by atoms with Crippen LogP contribution in [0, 0.1) is 5.92 Å². The molecule has 1 aromatic heterocycles. The Labute approximate surface area is 153 Å². The molecule has 26 heavy (non-hydrogen) atoms. The normalized spacial score (nSPS) is 21.8. The molecule has 1 unspecified atom stereocenters. The van der Waals surface area contributed by atoms with Crippen LogP contribution in [0.3, 0.4) is 0 Å². The summed E-state index contributed by atoms with van der Waals surface area (Å²) in [7, 11) is 2.05. The smallest absolute Gasteiger partial charge is 0.235 e. The van der Waals surface area contributed by atoms with Crippen LogP contribution in [-0.2, 0) is 23.2 Å². The molecule has 7 nitrogen and oxygen atoms in total. The van der Waals surface area contributed by atoms with Gasteiger partial charge in [0.05, 0.1) is 17.6 Å². The maximum absolute atomic E-state index is 12.6. The molecule has 3 heterocycles. The topological polar surface area (TPSA) is 70.5 Å². The average Bonchev–Trinajstić information content (AvgIpc) is 2.98. The van der Waals surface area contributed by atoms with Gasteiger partial charge in [-0.3, -0.25) is 14.5 Å². The molecule has 2 fully saturated rings. The summed E-state index contributed by atoms with van der Waals surface area (Å²) in [4.78, 5) is 33.5. The lowest BCUT2D eigenvalue weighted by molar-refractivity contribution is -0.144. The molecule has 1 atom stereocenters. The molecule has 0 spiro atoms. The summed E-state index contributed by atoms with van der Waals surface area (Å²) in [5, 5.41) is 2.80. The fraction of sp³-hybridized carbons (Fsp3) is 0.526. The van der Waals surface area contributed by atoms with E-state index in [1.807, 2.05) is 30.1 Å². The summed E-state index contributed by atoms with van der Waals surface area (Å²) in [6.07, 6.45) is 1.56. The summed E-state index contributed by atoms with van der Waals surface area (Å²) < 4.78 is 2.14. The number of carbonyl (C=O) groups is 2. The Morgan fingerprint density at radius 3 is 2.73 bits per heavy atom. The molecule has 2 saturated heterocycles. The van der Waals surface area contributed by atoms with Crippen molar-refractivity contribution in [3.63, 3.8) is 0 Å². The second-order valence-electron chi connectivity index (χ2n) is 7.16. The van der Waals surface area contributed by atoms with Crippen molar-refractivity contribution in [1.29, 1.82) is 0 Å². The second kappa shape index (κ2) is 7.07. The Bertz CT molecular complexity index is 822. The van der Waals surface area contributed by atoms with Crippen molar-refractivity contribution in [2.24, 2.45) is 13.0 Å². The molecule has 2 aliphatic heterocycles. The Morgan fingerprint density at radius 2 is 2.00 bits per heavy atom. The minimum absolute atomic E-state index is 0.00965. The summed E-state index contributed by atoms with van der Waals surface area (Å²) in [5.74, 6) is 0.431. The molecule has 7 heteroatoms. The van der Waals surface area contributed by atoms with E-state index >= 15 is 0 Å². The predicted octanol–water partition coefficient (Wildman–Crippen LogP) is 0.744. The number of carbonyl (C=O) groups excluding carboxylic acids is 2. The number of para-hydroxylation sites is 2. The van der Waals surface area contributed by atoms with Crippen molar-refractivity contribution in [3.8, 4) is 0 Å². The van der Waals surface area contributed by atoms with Gasteiger partial charge in [-0.25, -0.2) is 4.98 Å². The van der Waals surface area contributed by atoms with E-state index in [1.165, 1.54) is 0 Å². The van der Waals surface area contributed by atoms with Gasteiger partial charge in [0.15, 0.2) is 0 Å². The van der Waals surface area contributed by atoms with E-state index in [1.54, 1.807) is 0 Å². The number of nitrogens with zero attached hydrogens (tertiary/aromatic N) is 4. The van der Waals surface area contributed by atoms with Gasteiger partial charge in [0.25, 0.3) is 0 Å². The molecule has 0 bridgehead atoms. The molecule has 138 valence electrons. The highest BCUT2D eigenvalue weighted by molar-refractivity contribution is 6.00. The van der Waals surface area contributed by atoms with E-state index in [2.05, 4.69) is 20.9 Å². The first-order valence-electron chi connectivity index (χ1n) is 9.32. The zero-order valence-corrected chi connectivity index (χ0v) is 15.1. The highest BCUT2D eigenvalue weighted by Gasteiger charge is 2.33. The van der Waals surface area contributed by atoms with Crippen LogP contribution in [-0.4, -0.2) is 63.9 Å². The number of rotatable bonds is 3. The van der Waals surface area contributed by atoms with Gasteiger partial charge in [-0.2, -0.15) is 0 Å². The molecule has 2 aliphatic rings. The molecule has 1 aromatic carbocycles. The lowest BCUT2D eigenvalue weighted by Crippen LogP contribution is -2.53. The largest absolute Gasteiger partial charge is 0.355 e. The van der Waals surface area contributed by atoms with Gasteiger partial charge in [-0.1, -0.05) is 12.1 Å². The van der Waals surface area contributed by atoms with Crippen molar-refractivity contribution >= 4 is 22.8 Å². The maximum Gasteiger partial charge on any atom is 0.235 e. The van der Waals surface area contributed by atoms with E-state index in [0.717, 1.165) is 42.9 Å². The summed E-state index contributed by atoms with van der Waals surface area (Å²) in [6.45, 7) is 4.43. The monoisotopic (exact) mass is 355 g/mol. The molecule has 4 rings (SSSR count). The number of amides is 2. The molecule has 1 N–H and O–H groups in total. The quantitative estimate of drug-likeness (QED) is 0.825. The number of benzene rings is 1. The van der Waals surface area contributed by atoms with Gasteiger partial charge in [-0.05, 0) is 25.0 Å². The number of nitrogens with one attached hydrogen (secondary N) is 1. The third-order valence-electron chi connectivity index (χ3n) is 5.51. The number of piperidine rings is 1. The van der Waals surface area contributed by atoms with Gasteiger partial charge in [0.1, 0.15) is 11.7 Å². The van der Waals surface area contributed by atoms with Crippen LogP contribution in [0.2, 0.25) is 0 Å². The predicted molar refractivity (Wildman–Crippen MR) is 98.3 cm³/mol. The zero-order valence-electron chi connectivity index (χ0n) is 15.1. The van der Waals surface area contributed by atoms with E-state index in [0.29, 0.717) is 26.1 Å². The highest BCUT2D eigenvalue weighted by Crippen LogP contribution is 2.18. The van der Waals surface area contributed by atoms with Crippen molar-refractivity contribution in [3.05, 3.63) is 30.1 Å². The first-order valence-corrected chi connectivity index (χ1v) is 9.32. The highest BCUT2D eigenvalue weighted by atomic mass is 16.2. The zero-order chi connectivity index (χ0) is 18.1. The van der Waals surface area contributed by atoms with Gasteiger partial charge in [0.2, 0.25) is 11.8 Å². The van der Waals surface area contributed by atoms with E-state index in [9.17, 15) is 9.59 Å². The third-order valence-corrected chi connectivity index (χ3v) is 5.51. The average molecular weight is 355 g/mol. The molecule has 0 radical (unpaired) electrons. The van der Waals surface area contributed by atoms with Crippen molar-refractivity contribution in [1.82, 2.24) is 24.7 Å². The van der Waals surface area contributed by atoms with Crippen LogP contribution in [0.1, 0.15) is 18.7 Å². The minimum atomic E-state index is -0.491. The van der Waals surface area contributed by atoms with E-state index in [4.69, 9.17) is 4.98 Å². The lowest BCUT2D eigenvalue weighted by Gasteiger charge is -2.36. The van der Waals surface area contributed by atoms with Crippen molar-refractivity contribution in [2.75, 3.05) is 32.7 Å². The van der Waals surface area contributed by atoms with Crippen LogP contribution < -0.4 is 5.32 Å². The van der Waals surface area contributed by atoms with Gasteiger partial charge in [0, 0.05) is 39.8 Å². The first kappa shape index (κ1) is 17.0. The van der Waals surface area contributed by atoms with Gasteiger partial charge >= 0.3 is 0 Å². The van der Waals surface area contributed by atoms with Gasteiger partial charge < -0.3 is 14.8 Å². The summed E-state index contributed by atoms with van der Waals surface area (Å²) in [6, 6.07) is 8.15. The van der Waals surface area contributed by atoms with Crippen molar-refractivity contribution in [2.45, 2.75) is 19.4 Å². The number of piperazine rings is 1. The summed E-state index contributed by atoms with van der Waals surface area (Å²) >= 11 is 0. The third kappa shape index (κ3) is 3.19. The van der Waals surface area contributed by atoms with E-state index < -0.39 is 5.92 Å². The number of fused-ring (bicyclic) bond motifs is 1. The minimum Gasteiger partial charge on any atom is -0.355 e. The Balaban J connectivity index is 1.36. The number of hydrogen-bond acceptors (Lipinski definition) is 4. The lowest BCUT2D eigenvalue weighted by atomic mass is 9.97. The molecule has 2 amide bonds. The Kier molecular flexibility index (Phi) is 4.63. The molecule has 2 aromatic rings. The fourth-order valence-electron chi connectivity index (χ4n) is 3.89. The van der Waals surface area contributed by atoms with Crippen LogP contribution >= 0.6 is 0 Å². The standard InChI is InChI=1S/C19H25N5O2/c1-22-16-7-3-2-6-15(16)21-17(22)13-23-9-11-24(12-10-23)19(26)14-5-4-8-20-18(14)25/h2-3,6-7,14H,4-5,8-13H2,1H3,(H,20,25). The molecule has 0 aliphatic carbocycles. The number of imidazole rings is 1. The van der Waals surface area contributed by atoms with Crippen LogP contribution in [0.5, 0.6) is 0 Å². The molecular weight excluding hydrogens is 330 g/mol. The number of aromatic nitrogens is 2. The fourth-order valence-corrected chi connectivity index (χ4v) is 3.89. The Hall–Kier alpha value is -2.41. The van der Waals surface area contributed by atoms with Crippen LogP contribution in [0.15, 0.2) is 24.3 Å².